The van der Waals surface area contributed by atoms with Crippen molar-refractivity contribution in [3.8, 4) is 11.1 Å². The van der Waals surface area contributed by atoms with E-state index in [0.717, 1.165) is 75.4 Å². The van der Waals surface area contributed by atoms with Crippen molar-refractivity contribution < 1.29 is 9.59 Å². The summed E-state index contributed by atoms with van der Waals surface area (Å²) in [6.45, 7) is 6.44. The lowest BCUT2D eigenvalue weighted by Crippen LogP contribution is -2.45. The number of hydrogen-bond acceptors (Lipinski definition) is 5. The zero-order valence-electron chi connectivity index (χ0n) is 25.7. The number of aryl methyl sites for hydroxylation is 1. The fraction of sp³-hybridized carbons (Fsp3) is 0.324. The molecule has 0 atom stereocenters. The van der Waals surface area contributed by atoms with E-state index in [1.807, 2.05) is 60.8 Å². The maximum absolute atomic E-state index is 13.2. The van der Waals surface area contributed by atoms with Gasteiger partial charge in [-0.05, 0) is 68.0 Å². The predicted molar refractivity (Wildman–Crippen MR) is 181 cm³/mol. The molecule has 45 heavy (non-hydrogen) atoms. The van der Waals surface area contributed by atoms with Crippen LogP contribution in [0.4, 0.5) is 5.82 Å². The first-order chi connectivity index (χ1) is 21.9. The first-order valence-electron chi connectivity index (χ1n) is 15.9. The van der Waals surface area contributed by atoms with Gasteiger partial charge in [-0.1, -0.05) is 77.8 Å². The minimum atomic E-state index is -0.116. The summed E-state index contributed by atoms with van der Waals surface area (Å²) < 4.78 is 0. The molecule has 2 aliphatic rings. The number of amides is 2. The van der Waals surface area contributed by atoms with E-state index < -0.39 is 0 Å². The molecule has 3 aromatic carbocycles. The zero-order chi connectivity index (χ0) is 31.2. The second-order valence-electron chi connectivity index (χ2n) is 12.2. The zero-order valence-corrected chi connectivity index (χ0v) is 26.5. The van der Waals surface area contributed by atoms with Gasteiger partial charge in [-0.3, -0.25) is 14.5 Å². The van der Waals surface area contributed by atoms with Crippen LogP contribution in [0.1, 0.15) is 57.5 Å². The number of carbonyl (C=O) groups is 2. The molecule has 0 saturated carbocycles. The number of halogens is 1. The van der Waals surface area contributed by atoms with E-state index in [0.29, 0.717) is 16.1 Å². The van der Waals surface area contributed by atoms with Gasteiger partial charge in [-0.2, -0.15) is 0 Å². The summed E-state index contributed by atoms with van der Waals surface area (Å²) >= 11 is 6.72. The highest BCUT2D eigenvalue weighted by Crippen LogP contribution is 2.31. The van der Waals surface area contributed by atoms with Gasteiger partial charge in [0.1, 0.15) is 5.82 Å². The summed E-state index contributed by atoms with van der Waals surface area (Å²) in [5, 5.41) is 6.89. The highest BCUT2D eigenvalue weighted by atomic mass is 35.5. The monoisotopic (exact) mass is 621 g/mol. The van der Waals surface area contributed by atoms with Crippen LogP contribution < -0.4 is 15.5 Å². The van der Waals surface area contributed by atoms with Crippen LogP contribution in [0.15, 0.2) is 91.1 Å². The highest BCUT2D eigenvalue weighted by Gasteiger charge is 2.24. The van der Waals surface area contributed by atoms with E-state index in [2.05, 4.69) is 51.6 Å². The van der Waals surface area contributed by atoms with Crippen molar-refractivity contribution in [3.05, 3.63) is 118 Å². The summed E-state index contributed by atoms with van der Waals surface area (Å²) in [6, 6.07) is 27.8. The van der Waals surface area contributed by atoms with Gasteiger partial charge in [0.15, 0.2) is 0 Å². The molecule has 2 saturated heterocycles. The van der Waals surface area contributed by atoms with Crippen molar-refractivity contribution in [1.82, 2.24) is 20.5 Å². The van der Waals surface area contributed by atoms with Gasteiger partial charge >= 0.3 is 0 Å². The smallest absolute Gasteiger partial charge is 0.253 e. The number of piperidine rings is 2. The number of pyridine rings is 1. The number of nitrogens with zero attached hydrogens (tertiary/aromatic N) is 3. The molecule has 2 aliphatic heterocycles. The largest absolute Gasteiger partial charge is 0.356 e. The number of nitrogens with one attached hydrogen (secondary N) is 2. The molecule has 0 aliphatic carbocycles. The molecular formula is C37H40ClN5O2. The fourth-order valence-corrected chi connectivity index (χ4v) is 6.55. The van der Waals surface area contributed by atoms with E-state index in [9.17, 15) is 9.59 Å². The van der Waals surface area contributed by atoms with E-state index in [4.69, 9.17) is 16.6 Å². The Balaban J connectivity index is 0.948. The molecule has 2 fully saturated rings. The van der Waals surface area contributed by atoms with Crippen molar-refractivity contribution in [1.29, 1.82) is 0 Å². The van der Waals surface area contributed by atoms with E-state index in [-0.39, 0.29) is 23.9 Å². The lowest BCUT2D eigenvalue weighted by molar-refractivity contribution is 0.0906. The van der Waals surface area contributed by atoms with E-state index in [1.54, 1.807) is 6.07 Å². The number of likely N-dealkylation sites (tertiary alicyclic amines) is 1. The Hall–Kier alpha value is -4.20. The summed E-state index contributed by atoms with van der Waals surface area (Å²) in [5.74, 6) is 0.865. The molecule has 0 spiro atoms. The first-order valence-corrected chi connectivity index (χ1v) is 16.3. The number of anilines is 1. The molecule has 4 aromatic rings. The average molecular weight is 622 g/mol. The van der Waals surface area contributed by atoms with Crippen molar-refractivity contribution >= 4 is 29.2 Å². The minimum absolute atomic E-state index is 0.00370. The summed E-state index contributed by atoms with van der Waals surface area (Å²) in [4.78, 5) is 35.2. The van der Waals surface area contributed by atoms with Crippen LogP contribution in [-0.2, 0) is 6.54 Å². The number of rotatable bonds is 8. The summed E-state index contributed by atoms with van der Waals surface area (Å²) in [5.41, 5.74) is 5.47. The van der Waals surface area contributed by atoms with Gasteiger partial charge in [-0.15, -0.1) is 0 Å². The molecule has 0 bridgehead atoms. The maximum atomic E-state index is 13.2. The van der Waals surface area contributed by atoms with Crippen molar-refractivity contribution in [2.24, 2.45) is 0 Å². The molecule has 2 N–H and O–H groups in total. The van der Waals surface area contributed by atoms with Crippen molar-refractivity contribution in [3.63, 3.8) is 0 Å². The summed E-state index contributed by atoms with van der Waals surface area (Å²) in [7, 11) is 0. The fourth-order valence-electron chi connectivity index (χ4n) is 6.23. The van der Waals surface area contributed by atoms with Gasteiger partial charge in [0.2, 0.25) is 0 Å². The van der Waals surface area contributed by atoms with E-state index in [1.165, 1.54) is 11.1 Å². The highest BCUT2D eigenvalue weighted by molar-refractivity contribution is 6.36. The molecule has 8 heteroatoms. The first kappa shape index (κ1) is 30.8. The number of carbonyl (C=O) groups excluding carboxylic acids is 2. The lowest BCUT2D eigenvalue weighted by Gasteiger charge is -2.34. The Morgan fingerprint density at radius 3 is 2.11 bits per heavy atom. The SMILES string of the molecule is Cc1ccc(-c2cccc(C(=O)NC3CCN(Cc4ccc(N5CCC(NC(=O)c6ccccc6)CC5)nc4)CC3)c2Cl)cc1. The van der Waals surface area contributed by atoms with Gasteiger partial charge in [0, 0.05) is 62.1 Å². The predicted octanol–water partition coefficient (Wildman–Crippen LogP) is 6.50. The molecule has 3 heterocycles. The van der Waals surface area contributed by atoms with Crippen LogP contribution >= 0.6 is 11.6 Å². The Morgan fingerprint density at radius 2 is 1.44 bits per heavy atom. The number of aromatic nitrogens is 1. The van der Waals surface area contributed by atoms with Crippen molar-refractivity contribution in [2.45, 2.75) is 51.2 Å². The standard InChI is InChI=1S/C37H40ClN5O2/c1-26-10-13-28(14-11-26)32-8-5-9-33(35(32)38)37(45)41-30-16-20-42(21-17-30)25-27-12-15-34(39-24-27)43-22-18-31(19-23-43)40-36(44)29-6-3-2-4-7-29/h2-15,24,30-31H,16-23,25H2,1H3,(H,40,44)(H,41,45). The van der Waals surface area contributed by atoms with Crippen LogP contribution in [0, 0.1) is 6.92 Å². The van der Waals surface area contributed by atoms with Crippen LogP contribution in [0.2, 0.25) is 5.02 Å². The molecule has 0 radical (unpaired) electrons. The third-order valence-corrected chi connectivity index (χ3v) is 9.34. The van der Waals surface area contributed by atoms with Gasteiger partial charge in [0.25, 0.3) is 11.8 Å². The second kappa shape index (κ2) is 14.3. The Morgan fingerprint density at radius 1 is 0.778 bits per heavy atom. The second-order valence-corrected chi connectivity index (χ2v) is 12.6. The van der Waals surface area contributed by atoms with Gasteiger partial charge in [-0.25, -0.2) is 4.98 Å². The molecule has 2 amide bonds. The Labute approximate surface area is 270 Å². The van der Waals surface area contributed by atoms with Crippen LogP contribution in [0.5, 0.6) is 0 Å². The Kier molecular flexibility index (Phi) is 9.77. The normalized spacial score (nSPS) is 16.4. The van der Waals surface area contributed by atoms with Gasteiger partial charge < -0.3 is 15.5 Å². The molecule has 6 rings (SSSR count). The lowest BCUT2D eigenvalue weighted by atomic mass is 10.0. The quantitative estimate of drug-likeness (QED) is 0.235. The van der Waals surface area contributed by atoms with Crippen molar-refractivity contribution in [2.75, 3.05) is 31.1 Å². The van der Waals surface area contributed by atoms with E-state index >= 15 is 0 Å². The minimum Gasteiger partial charge on any atom is -0.356 e. The number of benzene rings is 3. The third kappa shape index (κ3) is 7.72. The molecule has 232 valence electrons. The van der Waals surface area contributed by atoms with Gasteiger partial charge in [0.05, 0.1) is 10.6 Å². The summed E-state index contributed by atoms with van der Waals surface area (Å²) in [6.07, 6.45) is 5.57. The molecule has 7 nitrogen and oxygen atoms in total. The van der Waals surface area contributed by atoms with Crippen LogP contribution in [0.25, 0.3) is 11.1 Å². The Bertz CT molecular complexity index is 1590. The topological polar surface area (TPSA) is 77.6 Å². The van der Waals surface area contributed by atoms with Crippen LogP contribution in [0.3, 0.4) is 0 Å². The number of hydrogen-bond donors (Lipinski definition) is 2. The third-order valence-electron chi connectivity index (χ3n) is 8.93. The molecule has 0 unspecified atom stereocenters. The maximum Gasteiger partial charge on any atom is 0.253 e. The average Bonchev–Trinajstić information content (AvgIpc) is 3.07. The molecular weight excluding hydrogens is 582 g/mol. The van der Waals surface area contributed by atoms with Crippen LogP contribution in [-0.4, -0.2) is 60.0 Å². The molecule has 1 aromatic heterocycles.